The molecule has 152 valence electrons. The lowest BCUT2D eigenvalue weighted by molar-refractivity contribution is 0.103. The molecule has 0 bridgehead atoms. The monoisotopic (exact) mass is 425 g/mol. The highest BCUT2D eigenvalue weighted by Gasteiger charge is 2.31. The summed E-state index contributed by atoms with van der Waals surface area (Å²) >= 11 is 3.16. The van der Waals surface area contributed by atoms with E-state index in [2.05, 4.69) is 48.1 Å². The number of piperidine rings is 1. The van der Waals surface area contributed by atoms with E-state index in [0.29, 0.717) is 0 Å². The molecule has 4 nitrogen and oxygen atoms in total. The number of amides is 1. The highest BCUT2D eigenvalue weighted by atomic mass is 32.1. The average Bonchev–Trinajstić information content (AvgIpc) is 3.35. The molecule has 1 aliphatic heterocycles. The number of hydrogen-bond acceptors (Lipinski definition) is 5. The molecule has 1 atom stereocenters. The van der Waals surface area contributed by atoms with Crippen LogP contribution in [0, 0.1) is 19.8 Å². The number of anilines is 1. The fourth-order valence-corrected chi connectivity index (χ4v) is 5.74. The van der Waals surface area contributed by atoms with Crippen LogP contribution < -0.4 is 5.32 Å². The molecule has 0 radical (unpaired) electrons. The number of thiophene rings is 2. The standard InChI is InChI=1S/C23H27N3OS2/c1-15-8-12-26(13-9-15)21(18-6-10-24-11-7-18)20-16(2)17(3)29-23(20)25-22(27)19-5-4-14-28-19/h4-7,10-11,14-15,21H,8-9,12-13H2,1-3H3,(H,25,27)/t21-/m0/s1. The smallest absolute Gasteiger partial charge is 0.266 e. The molecule has 1 aliphatic rings. The molecule has 4 heterocycles. The van der Waals surface area contributed by atoms with Gasteiger partial charge in [0.1, 0.15) is 5.00 Å². The van der Waals surface area contributed by atoms with E-state index in [9.17, 15) is 4.79 Å². The van der Waals surface area contributed by atoms with Gasteiger partial charge in [-0.3, -0.25) is 14.7 Å². The molecule has 6 heteroatoms. The lowest BCUT2D eigenvalue weighted by atomic mass is 9.91. The van der Waals surface area contributed by atoms with Gasteiger partial charge in [0.25, 0.3) is 5.91 Å². The van der Waals surface area contributed by atoms with Crippen LogP contribution in [0.3, 0.4) is 0 Å². The van der Waals surface area contributed by atoms with Crippen LogP contribution in [0.15, 0.2) is 42.0 Å². The number of aryl methyl sites for hydroxylation is 1. The summed E-state index contributed by atoms with van der Waals surface area (Å²) in [6, 6.07) is 8.15. The van der Waals surface area contributed by atoms with Gasteiger partial charge in [-0.05, 0) is 80.4 Å². The van der Waals surface area contributed by atoms with Crippen molar-refractivity contribution in [3.8, 4) is 0 Å². The minimum Gasteiger partial charge on any atom is -0.313 e. The molecule has 4 rings (SSSR count). The van der Waals surface area contributed by atoms with Crippen molar-refractivity contribution in [2.24, 2.45) is 5.92 Å². The summed E-state index contributed by atoms with van der Waals surface area (Å²) < 4.78 is 0. The Balaban J connectivity index is 1.75. The predicted octanol–water partition coefficient (Wildman–Crippen LogP) is 5.90. The van der Waals surface area contributed by atoms with Crippen molar-refractivity contribution in [1.29, 1.82) is 0 Å². The number of carbonyl (C=O) groups excluding carboxylic acids is 1. The Morgan fingerprint density at radius 1 is 1.21 bits per heavy atom. The largest absolute Gasteiger partial charge is 0.313 e. The number of nitrogens with one attached hydrogen (secondary N) is 1. The van der Waals surface area contributed by atoms with Gasteiger partial charge in [0.15, 0.2) is 0 Å². The second-order valence-electron chi connectivity index (χ2n) is 7.86. The molecule has 0 spiro atoms. The first kappa shape index (κ1) is 20.3. The van der Waals surface area contributed by atoms with E-state index in [4.69, 9.17) is 0 Å². The third kappa shape index (κ3) is 4.29. The molecule has 1 saturated heterocycles. The molecule has 29 heavy (non-hydrogen) atoms. The Labute approximate surface area is 180 Å². The van der Waals surface area contributed by atoms with Crippen molar-refractivity contribution in [3.05, 3.63) is 68.5 Å². The van der Waals surface area contributed by atoms with Gasteiger partial charge in [0.2, 0.25) is 0 Å². The first-order valence-corrected chi connectivity index (χ1v) is 11.8. The van der Waals surface area contributed by atoms with E-state index >= 15 is 0 Å². The van der Waals surface area contributed by atoms with E-state index in [1.807, 2.05) is 29.9 Å². The van der Waals surface area contributed by atoms with Crippen molar-refractivity contribution in [1.82, 2.24) is 9.88 Å². The Hall–Kier alpha value is -2.02. The van der Waals surface area contributed by atoms with Crippen LogP contribution in [-0.2, 0) is 0 Å². The van der Waals surface area contributed by atoms with Crippen molar-refractivity contribution in [2.75, 3.05) is 18.4 Å². The van der Waals surface area contributed by atoms with E-state index in [1.165, 1.54) is 45.7 Å². The zero-order chi connectivity index (χ0) is 20.4. The average molecular weight is 426 g/mol. The van der Waals surface area contributed by atoms with Crippen LogP contribution in [0.2, 0.25) is 0 Å². The number of hydrogen-bond donors (Lipinski definition) is 1. The van der Waals surface area contributed by atoms with Crippen LogP contribution in [0.1, 0.15) is 57.0 Å². The zero-order valence-corrected chi connectivity index (χ0v) is 18.8. The van der Waals surface area contributed by atoms with Crippen molar-refractivity contribution in [3.63, 3.8) is 0 Å². The third-order valence-electron chi connectivity index (χ3n) is 5.88. The molecule has 1 N–H and O–H groups in total. The number of aromatic nitrogens is 1. The number of likely N-dealkylation sites (tertiary alicyclic amines) is 1. The van der Waals surface area contributed by atoms with Gasteiger partial charge < -0.3 is 5.32 Å². The van der Waals surface area contributed by atoms with E-state index in [1.54, 1.807) is 11.3 Å². The zero-order valence-electron chi connectivity index (χ0n) is 17.1. The fourth-order valence-electron chi connectivity index (χ4n) is 4.03. The van der Waals surface area contributed by atoms with Gasteiger partial charge in [-0.15, -0.1) is 22.7 Å². The molecule has 3 aromatic rings. The minimum absolute atomic E-state index is 0.0248. The topological polar surface area (TPSA) is 45.2 Å². The van der Waals surface area contributed by atoms with Gasteiger partial charge in [-0.25, -0.2) is 0 Å². The summed E-state index contributed by atoms with van der Waals surface area (Å²) in [4.78, 5) is 21.6. The van der Waals surface area contributed by atoms with Crippen molar-refractivity contribution >= 4 is 33.6 Å². The minimum atomic E-state index is -0.0248. The molecular weight excluding hydrogens is 398 g/mol. The summed E-state index contributed by atoms with van der Waals surface area (Å²) in [7, 11) is 0. The van der Waals surface area contributed by atoms with E-state index in [0.717, 1.165) is 28.9 Å². The summed E-state index contributed by atoms with van der Waals surface area (Å²) in [6.45, 7) is 8.81. The molecule has 0 unspecified atom stereocenters. The number of carbonyl (C=O) groups is 1. The lowest BCUT2D eigenvalue weighted by Crippen LogP contribution is -2.37. The van der Waals surface area contributed by atoms with Gasteiger partial charge in [-0.2, -0.15) is 0 Å². The normalized spacial score (nSPS) is 16.7. The summed E-state index contributed by atoms with van der Waals surface area (Å²) in [5.41, 5.74) is 3.75. The summed E-state index contributed by atoms with van der Waals surface area (Å²) in [5, 5.41) is 6.13. The van der Waals surface area contributed by atoms with Crippen LogP contribution in [0.25, 0.3) is 0 Å². The van der Waals surface area contributed by atoms with E-state index < -0.39 is 0 Å². The maximum atomic E-state index is 12.8. The quantitative estimate of drug-likeness (QED) is 0.554. The van der Waals surface area contributed by atoms with Gasteiger partial charge in [-0.1, -0.05) is 13.0 Å². The Morgan fingerprint density at radius 2 is 1.93 bits per heavy atom. The molecule has 0 aliphatic carbocycles. The highest BCUT2D eigenvalue weighted by Crippen LogP contribution is 2.43. The summed E-state index contributed by atoms with van der Waals surface area (Å²) in [5.74, 6) is 0.746. The molecule has 0 aromatic carbocycles. The molecular formula is C23H27N3OS2. The molecule has 1 fully saturated rings. The first-order valence-electron chi connectivity index (χ1n) is 10.1. The second-order valence-corrected chi connectivity index (χ2v) is 10.0. The van der Waals surface area contributed by atoms with Gasteiger partial charge in [0, 0.05) is 22.8 Å². The van der Waals surface area contributed by atoms with Crippen LogP contribution in [0.4, 0.5) is 5.00 Å². The maximum Gasteiger partial charge on any atom is 0.266 e. The number of pyridine rings is 1. The van der Waals surface area contributed by atoms with Gasteiger partial charge >= 0.3 is 0 Å². The second kappa shape index (κ2) is 8.78. The van der Waals surface area contributed by atoms with Gasteiger partial charge in [0.05, 0.1) is 10.9 Å². The molecule has 0 saturated carbocycles. The lowest BCUT2D eigenvalue weighted by Gasteiger charge is -2.37. The van der Waals surface area contributed by atoms with Crippen LogP contribution >= 0.6 is 22.7 Å². The SMILES string of the molecule is Cc1sc(NC(=O)c2cccs2)c([C@H](c2ccncc2)N2CCC(C)CC2)c1C. The van der Waals surface area contributed by atoms with Crippen molar-refractivity contribution in [2.45, 2.75) is 39.7 Å². The predicted molar refractivity (Wildman–Crippen MR) is 122 cm³/mol. The number of nitrogens with zero attached hydrogens (tertiary/aromatic N) is 2. The third-order valence-corrected chi connectivity index (χ3v) is 7.89. The highest BCUT2D eigenvalue weighted by molar-refractivity contribution is 7.17. The maximum absolute atomic E-state index is 12.8. The summed E-state index contributed by atoms with van der Waals surface area (Å²) in [6.07, 6.45) is 6.15. The Kier molecular flexibility index (Phi) is 6.13. The Bertz CT molecular complexity index is 958. The van der Waals surface area contributed by atoms with E-state index in [-0.39, 0.29) is 11.9 Å². The van der Waals surface area contributed by atoms with Crippen LogP contribution in [0.5, 0.6) is 0 Å². The fraction of sp³-hybridized carbons (Fsp3) is 0.391. The first-order chi connectivity index (χ1) is 14.0. The number of rotatable bonds is 5. The molecule has 3 aromatic heterocycles. The van der Waals surface area contributed by atoms with Crippen LogP contribution in [-0.4, -0.2) is 28.9 Å². The molecule has 1 amide bonds. The van der Waals surface area contributed by atoms with Crippen molar-refractivity contribution < 1.29 is 4.79 Å². The Morgan fingerprint density at radius 3 is 2.59 bits per heavy atom.